The maximum atomic E-state index is 13.9. The molecule has 0 N–H and O–H groups in total. The SMILES string of the molecule is CCN1C(=O)[C@H]2[C@@H](c3ccc(OC)cc3)N3C(=S)N(c4ccccc4)C(=O)[C@@]3(C)[C@H]2C1=O. The summed E-state index contributed by atoms with van der Waals surface area (Å²) >= 11 is 5.82. The Labute approximate surface area is 191 Å². The number of thiocarbonyl (C=S) groups is 1. The zero-order valence-electron chi connectivity index (χ0n) is 18.0. The van der Waals surface area contributed by atoms with E-state index in [2.05, 4.69) is 0 Å². The molecule has 3 aliphatic rings. The Morgan fingerprint density at radius 1 is 1.00 bits per heavy atom. The van der Waals surface area contributed by atoms with Gasteiger partial charge >= 0.3 is 0 Å². The van der Waals surface area contributed by atoms with Crippen LogP contribution in [0.25, 0.3) is 0 Å². The number of carbonyl (C=O) groups excluding carboxylic acids is 3. The summed E-state index contributed by atoms with van der Waals surface area (Å²) in [7, 11) is 1.59. The van der Waals surface area contributed by atoms with Gasteiger partial charge in [-0.15, -0.1) is 0 Å². The molecule has 2 aromatic rings. The summed E-state index contributed by atoms with van der Waals surface area (Å²) in [4.78, 5) is 45.2. The normalized spacial score (nSPS) is 29.1. The van der Waals surface area contributed by atoms with Crippen LogP contribution in [0.3, 0.4) is 0 Å². The summed E-state index contributed by atoms with van der Waals surface area (Å²) in [6, 6.07) is 16.0. The molecular formula is C24H23N3O4S. The van der Waals surface area contributed by atoms with Gasteiger partial charge in [-0.2, -0.15) is 0 Å². The average molecular weight is 450 g/mol. The van der Waals surface area contributed by atoms with Gasteiger partial charge < -0.3 is 9.64 Å². The molecule has 0 saturated carbocycles. The molecule has 7 nitrogen and oxygen atoms in total. The molecule has 0 aromatic heterocycles. The number of imide groups is 1. The van der Waals surface area contributed by atoms with Gasteiger partial charge in [0, 0.05) is 6.54 Å². The van der Waals surface area contributed by atoms with Crippen molar-refractivity contribution in [2.45, 2.75) is 25.4 Å². The average Bonchev–Trinajstić information content (AvgIpc) is 3.31. The first kappa shape index (κ1) is 20.6. The number of amides is 3. The van der Waals surface area contributed by atoms with E-state index in [0.717, 1.165) is 5.56 Å². The zero-order valence-corrected chi connectivity index (χ0v) is 18.8. The zero-order chi connectivity index (χ0) is 22.8. The molecule has 3 aliphatic heterocycles. The van der Waals surface area contributed by atoms with Crippen LogP contribution >= 0.6 is 12.2 Å². The van der Waals surface area contributed by atoms with Crippen molar-refractivity contribution in [2.24, 2.45) is 11.8 Å². The Morgan fingerprint density at radius 3 is 2.25 bits per heavy atom. The van der Waals surface area contributed by atoms with E-state index in [9.17, 15) is 14.4 Å². The third-order valence-electron chi connectivity index (χ3n) is 6.99. The Kier molecular flexibility index (Phi) is 4.60. The molecule has 5 rings (SSSR count). The highest BCUT2D eigenvalue weighted by atomic mass is 32.1. The summed E-state index contributed by atoms with van der Waals surface area (Å²) in [6.07, 6.45) is 0. The van der Waals surface area contributed by atoms with Crippen molar-refractivity contribution in [2.75, 3.05) is 18.6 Å². The van der Waals surface area contributed by atoms with Crippen molar-refractivity contribution in [1.29, 1.82) is 0 Å². The minimum Gasteiger partial charge on any atom is -0.497 e. The van der Waals surface area contributed by atoms with Gasteiger partial charge in [-0.05, 0) is 55.9 Å². The molecule has 0 bridgehead atoms. The van der Waals surface area contributed by atoms with E-state index < -0.39 is 23.4 Å². The van der Waals surface area contributed by atoms with E-state index in [0.29, 0.717) is 16.5 Å². The van der Waals surface area contributed by atoms with Gasteiger partial charge in [-0.3, -0.25) is 24.2 Å². The van der Waals surface area contributed by atoms with Gasteiger partial charge in [0.25, 0.3) is 5.91 Å². The summed E-state index contributed by atoms with van der Waals surface area (Å²) in [6.45, 7) is 3.80. The largest absolute Gasteiger partial charge is 0.497 e. The first-order valence-corrected chi connectivity index (χ1v) is 11.0. The second-order valence-corrected chi connectivity index (χ2v) is 8.78. The van der Waals surface area contributed by atoms with Crippen LogP contribution < -0.4 is 9.64 Å². The number of methoxy groups -OCH3 is 1. The van der Waals surface area contributed by atoms with Crippen molar-refractivity contribution in [3.8, 4) is 5.75 Å². The lowest BCUT2D eigenvalue weighted by Crippen LogP contribution is -2.51. The predicted octanol–water partition coefficient (Wildman–Crippen LogP) is 2.76. The number of benzene rings is 2. The smallest absolute Gasteiger partial charge is 0.259 e. The summed E-state index contributed by atoms with van der Waals surface area (Å²) in [5.41, 5.74) is 0.208. The van der Waals surface area contributed by atoms with Crippen molar-refractivity contribution in [3.63, 3.8) is 0 Å². The first-order chi connectivity index (χ1) is 15.4. The monoisotopic (exact) mass is 449 g/mol. The van der Waals surface area contributed by atoms with Gasteiger partial charge in [-0.25, -0.2) is 0 Å². The maximum absolute atomic E-state index is 13.9. The van der Waals surface area contributed by atoms with Crippen LogP contribution in [0.15, 0.2) is 54.6 Å². The second-order valence-electron chi connectivity index (χ2n) is 8.42. The molecular weight excluding hydrogens is 426 g/mol. The van der Waals surface area contributed by atoms with Gasteiger partial charge in [0.2, 0.25) is 11.8 Å². The number of hydrogen-bond acceptors (Lipinski definition) is 5. The number of nitrogens with zero attached hydrogens (tertiary/aromatic N) is 3. The topological polar surface area (TPSA) is 70.2 Å². The van der Waals surface area contributed by atoms with Gasteiger partial charge in [0.05, 0.1) is 30.7 Å². The molecule has 3 fully saturated rings. The number of para-hydroxylation sites is 1. The Balaban J connectivity index is 1.69. The standard InChI is InChI=1S/C24H23N3O4S/c1-4-25-20(28)17-18(21(25)29)24(2)22(30)26(15-8-6-5-7-9-15)23(32)27(24)19(17)14-10-12-16(31-3)13-11-14/h5-13,17-19H,4H2,1-3H3/t17-,18-,19-,24-/m1/s1. The minimum atomic E-state index is -1.25. The Morgan fingerprint density at radius 2 is 1.66 bits per heavy atom. The van der Waals surface area contributed by atoms with Gasteiger partial charge in [0.1, 0.15) is 11.3 Å². The molecule has 164 valence electrons. The van der Waals surface area contributed by atoms with Crippen LogP contribution in [0.1, 0.15) is 25.5 Å². The number of ether oxygens (including phenoxy) is 1. The highest BCUT2D eigenvalue weighted by Crippen LogP contribution is 2.58. The van der Waals surface area contributed by atoms with Crippen molar-refractivity contribution in [3.05, 3.63) is 60.2 Å². The van der Waals surface area contributed by atoms with Crippen LogP contribution in [-0.4, -0.2) is 51.8 Å². The lowest BCUT2D eigenvalue weighted by atomic mass is 9.80. The van der Waals surface area contributed by atoms with Crippen molar-refractivity contribution < 1.29 is 19.1 Å². The van der Waals surface area contributed by atoms with E-state index in [1.165, 1.54) is 9.80 Å². The molecule has 3 heterocycles. The number of hydrogen-bond donors (Lipinski definition) is 0. The number of likely N-dealkylation sites (tertiary alicyclic amines) is 1. The van der Waals surface area contributed by atoms with E-state index in [1.54, 1.807) is 21.0 Å². The molecule has 3 saturated heterocycles. The van der Waals surface area contributed by atoms with Crippen LogP contribution in [-0.2, 0) is 14.4 Å². The number of anilines is 1. The lowest BCUT2D eigenvalue weighted by molar-refractivity contribution is -0.143. The summed E-state index contributed by atoms with van der Waals surface area (Å²) in [5, 5.41) is 0.308. The van der Waals surface area contributed by atoms with Crippen molar-refractivity contribution >= 4 is 40.7 Å². The fraction of sp³-hybridized carbons (Fsp3) is 0.333. The fourth-order valence-electron chi connectivity index (χ4n) is 5.51. The Hall–Kier alpha value is -3.26. The van der Waals surface area contributed by atoms with Crippen molar-refractivity contribution in [1.82, 2.24) is 9.80 Å². The minimum absolute atomic E-state index is 0.249. The molecule has 0 radical (unpaired) electrons. The third-order valence-corrected chi connectivity index (χ3v) is 7.37. The predicted molar refractivity (Wildman–Crippen MR) is 122 cm³/mol. The van der Waals surface area contributed by atoms with E-state index in [1.807, 2.05) is 59.5 Å². The molecule has 4 atom stereocenters. The van der Waals surface area contributed by atoms with Gasteiger partial charge in [0.15, 0.2) is 5.11 Å². The molecule has 0 aliphatic carbocycles. The molecule has 0 spiro atoms. The molecule has 32 heavy (non-hydrogen) atoms. The van der Waals surface area contributed by atoms with E-state index in [4.69, 9.17) is 17.0 Å². The first-order valence-electron chi connectivity index (χ1n) is 10.6. The Bertz CT molecular complexity index is 1140. The summed E-state index contributed by atoms with van der Waals surface area (Å²) < 4.78 is 5.28. The lowest BCUT2D eigenvalue weighted by Gasteiger charge is -2.34. The van der Waals surface area contributed by atoms with E-state index in [-0.39, 0.29) is 24.3 Å². The van der Waals surface area contributed by atoms with Crippen LogP contribution in [0.2, 0.25) is 0 Å². The molecule has 2 aromatic carbocycles. The van der Waals surface area contributed by atoms with Crippen LogP contribution in [0, 0.1) is 11.8 Å². The molecule has 3 amide bonds. The highest BCUT2D eigenvalue weighted by Gasteiger charge is 2.74. The molecule has 8 heteroatoms. The highest BCUT2D eigenvalue weighted by molar-refractivity contribution is 7.80. The van der Waals surface area contributed by atoms with Crippen LogP contribution in [0.5, 0.6) is 5.75 Å². The fourth-order valence-corrected chi connectivity index (χ4v) is 6.00. The van der Waals surface area contributed by atoms with E-state index >= 15 is 0 Å². The number of fused-ring (bicyclic) bond motifs is 3. The number of rotatable bonds is 4. The maximum Gasteiger partial charge on any atom is 0.259 e. The third kappa shape index (κ3) is 2.47. The second kappa shape index (κ2) is 7.13. The molecule has 0 unspecified atom stereocenters. The van der Waals surface area contributed by atoms with Gasteiger partial charge in [-0.1, -0.05) is 30.3 Å². The number of carbonyl (C=O) groups is 3. The van der Waals surface area contributed by atoms with Crippen LogP contribution in [0.4, 0.5) is 5.69 Å². The summed E-state index contributed by atoms with van der Waals surface area (Å²) in [5.74, 6) is -1.64. The quantitative estimate of drug-likeness (QED) is 0.528.